The van der Waals surface area contributed by atoms with Crippen molar-refractivity contribution in [3.8, 4) is 0 Å². The van der Waals surface area contributed by atoms with Crippen LogP contribution in [0.25, 0.3) is 0 Å². The van der Waals surface area contributed by atoms with Crippen LogP contribution in [0.5, 0.6) is 0 Å². The summed E-state index contributed by atoms with van der Waals surface area (Å²) in [4.78, 5) is 23.2. The number of carbonyl (C=O) groups is 1. The van der Waals surface area contributed by atoms with Gasteiger partial charge in [-0.1, -0.05) is 0 Å². The van der Waals surface area contributed by atoms with Crippen molar-refractivity contribution in [1.82, 2.24) is 4.90 Å². The molecule has 0 spiro atoms. The molecule has 90 valence electrons. The SMILES string of the molecule is COC(=C=O)CCN1CCC(C(=O)O)CC1. The van der Waals surface area contributed by atoms with E-state index in [1.165, 1.54) is 7.11 Å². The van der Waals surface area contributed by atoms with Crippen molar-refractivity contribution in [1.29, 1.82) is 0 Å². The van der Waals surface area contributed by atoms with E-state index in [4.69, 9.17) is 9.84 Å². The fourth-order valence-electron chi connectivity index (χ4n) is 1.86. The Labute approximate surface area is 94.7 Å². The molecule has 0 unspecified atom stereocenters. The van der Waals surface area contributed by atoms with E-state index >= 15 is 0 Å². The van der Waals surface area contributed by atoms with Crippen molar-refractivity contribution < 1.29 is 19.4 Å². The lowest BCUT2D eigenvalue weighted by Gasteiger charge is -2.29. The summed E-state index contributed by atoms with van der Waals surface area (Å²) in [7, 11) is 1.46. The van der Waals surface area contributed by atoms with Crippen LogP contribution in [0.4, 0.5) is 0 Å². The molecule has 5 nitrogen and oxygen atoms in total. The number of carbonyl (C=O) groups excluding carboxylic acids is 1. The molecule has 0 amide bonds. The third-order valence-corrected chi connectivity index (χ3v) is 2.95. The highest BCUT2D eigenvalue weighted by molar-refractivity contribution is 5.70. The lowest BCUT2D eigenvalue weighted by molar-refractivity contribution is -0.143. The summed E-state index contributed by atoms with van der Waals surface area (Å²) in [5.41, 5.74) is 0. The number of carboxylic acids is 1. The molecule has 1 saturated heterocycles. The van der Waals surface area contributed by atoms with Crippen molar-refractivity contribution in [2.75, 3.05) is 26.7 Å². The number of rotatable bonds is 5. The molecule has 1 fully saturated rings. The molecule has 1 rings (SSSR count). The molecule has 1 N–H and O–H groups in total. The van der Waals surface area contributed by atoms with Gasteiger partial charge in [0.25, 0.3) is 0 Å². The zero-order valence-corrected chi connectivity index (χ0v) is 9.44. The second kappa shape index (κ2) is 6.30. The van der Waals surface area contributed by atoms with Gasteiger partial charge in [-0.25, -0.2) is 4.79 Å². The third kappa shape index (κ3) is 3.68. The molecular weight excluding hydrogens is 210 g/mol. The molecule has 1 aliphatic rings. The Kier molecular flexibility index (Phi) is 5.02. The summed E-state index contributed by atoms with van der Waals surface area (Å²) in [6, 6.07) is 0. The van der Waals surface area contributed by atoms with Crippen LogP contribution in [-0.4, -0.2) is 48.7 Å². The van der Waals surface area contributed by atoms with Gasteiger partial charge in [0.15, 0.2) is 11.7 Å². The molecule has 0 saturated carbocycles. The first-order valence-electron chi connectivity index (χ1n) is 5.40. The predicted molar refractivity (Wildman–Crippen MR) is 57.6 cm³/mol. The van der Waals surface area contributed by atoms with Gasteiger partial charge in [-0.3, -0.25) is 4.79 Å². The van der Waals surface area contributed by atoms with Crippen LogP contribution in [0.2, 0.25) is 0 Å². The number of aliphatic carboxylic acids is 1. The number of piperidine rings is 1. The highest BCUT2D eigenvalue weighted by Gasteiger charge is 2.24. The lowest BCUT2D eigenvalue weighted by atomic mass is 9.97. The van der Waals surface area contributed by atoms with Gasteiger partial charge in [-0.2, -0.15) is 0 Å². The van der Waals surface area contributed by atoms with Gasteiger partial charge >= 0.3 is 5.97 Å². The topological polar surface area (TPSA) is 66.8 Å². The Bertz CT molecular complexity index is 288. The summed E-state index contributed by atoms with van der Waals surface area (Å²) in [5.74, 6) is 1.15. The molecule has 1 heterocycles. The molecule has 0 aromatic heterocycles. The second-order valence-corrected chi connectivity index (χ2v) is 3.93. The number of methoxy groups -OCH3 is 1. The van der Waals surface area contributed by atoms with Crippen molar-refractivity contribution in [2.45, 2.75) is 19.3 Å². The molecule has 1 aliphatic heterocycles. The number of hydrogen-bond acceptors (Lipinski definition) is 4. The maximum atomic E-state index is 10.7. The Morgan fingerprint density at radius 2 is 2.12 bits per heavy atom. The number of nitrogens with zero attached hydrogens (tertiary/aromatic N) is 1. The van der Waals surface area contributed by atoms with Gasteiger partial charge in [0.2, 0.25) is 0 Å². The average Bonchev–Trinajstić information content (AvgIpc) is 2.31. The first-order chi connectivity index (χ1) is 7.67. The minimum atomic E-state index is -0.704. The van der Waals surface area contributed by atoms with Crippen molar-refractivity contribution in [3.63, 3.8) is 0 Å². The summed E-state index contributed by atoms with van der Waals surface area (Å²) in [5, 5.41) is 8.82. The van der Waals surface area contributed by atoms with Crippen LogP contribution in [-0.2, 0) is 14.3 Å². The summed E-state index contributed by atoms with van der Waals surface area (Å²) in [6.07, 6.45) is 1.91. The molecule has 0 radical (unpaired) electrons. The molecule has 5 heteroatoms. The Morgan fingerprint density at radius 1 is 1.50 bits per heavy atom. The summed E-state index contributed by atoms with van der Waals surface area (Å²) in [6.45, 7) is 2.27. The van der Waals surface area contributed by atoms with Crippen molar-refractivity contribution in [3.05, 3.63) is 5.76 Å². The maximum Gasteiger partial charge on any atom is 0.306 e. The van der Waals surface area contributed by atoms with Gasteiger partial charge in [-0.05, 0) is 25.9 Å². The lowest BCUT2D eigenvalue weighted by Crippen LogP contribution is -2.37. The van der Waals surface area contributed by atoms with E-state index in [9.17, 15) is 9.59 Å². The molecule has 0 aliphatic carbocycles. The molecule has 0 aromatic rings. The number of carboxylic acid groups (broad SMARTS) is 1. The van der Waals surface area contributed by atoms with Crippen molar-refractivity contribution >= 4 is 11.9 Å². The number of hydrogen-bond donors (Lipinski definition) is 1. The van der Waals surface area contributed by atoms with Crippen LogP contribution in [0, 0.1) is 5.92 Å². The monoisotopic (exact) mass is 227 g/mol. The largest absolute Gasteiger partial charge is 0.490 e. The van der Waals surface area contributed by atoms with Gasteiger partial charge in [0.1, 0.15) is 0 Å². The maximum absolute atomic E-state index is 10.7. The first-order valence-corrected chi connectivity index (χ1v) is 5.40. The fourth-order valence-corrected chi connectivity index (χ4v) is 1.86. The Hall–Kier alpha value is -1.32. The average molecular weight is 227 g/mol. The minimum Gasteiger partial charge on any atom is -0.490 e. The van der Waals surface area contributed by atoms with Gasteiger partial charge in [0, 0.05) is 13.0 Å². The normalized spacial score (nSPS) is 17.8. The first kappa shape index (κ1) is 12.7. The van der Waals surface area contributed by atoms with E-state index in [1.54, 1.807) is 5.94 Å². The van der Waals surface area contributed by atoms with Gasteiger partial charge in [-0.15, -0.1) is 0 Å². The molecule has 16 heavy (non-hydrogen) atoms. The van der Waals surface area contributed by atoms with Crippen LogP contribution in [0.3, 0.4) is 0 Å². The van der Waals surface area contributed by atoms with E-state index in [1.807, 2.05) is 0 Å². The predicted octanol–water partition coefficient (Wildman–Crippen LogP) is 0.535. The quantitative estimate of drug-likeness (QED) is 0.548. The van der Waals surface area contributed by atoms with Crippen LogP contribution < -0.4 is 0 Å². The van der Waals surface area contributed by atoms with Crippen molar-refractivity contribution in [2.24, 2.45) is 5.92 Å². The van der Waals surface area contributed by atoms with E-state index in [0.29, 0.717) is 25.0 Å². The highest BCUT2D eigenvalue weighted by Crippen LogP contribution is 2.17. The van der Waals surface area contributed by atoms with Gasteiger partial charge < -0.3 is 14.7 Å². The van der Waals surface area contributed by atoms with Crippen LogP contribution in [0.1, 0.15) is 19.3 Å². The molecule has 0 aromatic carbocycles. The molecule has 0 bridgehead atoms. The van der Waals surface area contributed by atoms with E-state index in [0.717, 1.165) is 19.6 Å². The van der Waals surface area contributed by atoms with Crippen LogP contribution in [0.15, 0.2) is 5.76 Å². The fraction of sp³-hybridized carbons (Fsp3) is 0.727. The molecule has 0 atom stereocenters. The smallest absolute Gasteiger partial charge is 0.306 e. The number of likely N-dealkylation sites (tertiary alicyclic amines) is 1. The minimum absolute atomic E-state index is 0.209. The van der Waals surface area contributed by atoms with E-state index in [-0.39, 0.29) is 5.92 Å². The number of ether oxygens (including phenoxy) is 1. The zero-order chi connectivity index (χ0) is 12.0. The van der Waals surface area contributed by atoms with Crippen LogP contribution >= 0.6 is 0 Å². The Balaban J connectivity index is 2.27. The van der Waals surface area contributed by atoms with E-state index < -0.39 is 5.97 Å². The summed E-state index contributed by atoms with van der Waals surface area (Å²) < 4.78 is 4.82. The van der Waals surface area contributed by atoms with E-state index in [2.05, 4.69) is 4.90 Å². The Morgan fingerprint density at radius 3 is 2.56 bits per heavy atom. The molecular formula is C11H17NO4. The highest BCUT2D eigenvalue weighted by atomic mass is 16.5. The zero-order valence-electron chi connectivity index (χ0n) is 9.44. The second-order valence-electron chi connectivity index (χ2n) is 3.93. The third-order valence-electron chi connectivity index (χ3n) is 2.95. The standard InChI is InChI=1S/C11H17NO4/c1-16-10(8-13)4-7-12-5-2-9(3-6-12)11(14)15/h9H,2-7H2,1H3,(H,14,15). The summed E-state index contributed by atoms with van der Waals surface area (Å²) >= 11 is 0. The van der Waals surface area contributed by atoms with Gasteiger partial charge in [0.05, 0.1) is 13.0 Å².